The monoisotopic (exact) mass is 256 g/mol. The number of ether oxygens (including phenoxy) is 1. The molecule has 0 saturated carbocycles. The number of thiophene rings is 1. The van der Waals surface area contributed by atoms with Gasteiger partial charge in [0.15, 0.2) is 0 Å². The highest BCUT2D eigenvalue weighted by molar-refractivity contribution is 7.09. The molecule has 1 aromatic rings. The summed E-state index contributed by atoms with van der Waals surface area (Å²) in [4.78, 5) is 3.82. The molecule has 0 radical (unpaired) electrons. The van der Waals surface area contributed by atoms with Crippen LogP contribution >= 0.6 is 11.3 Å². The van der Waals surface area contributed by atoms with Crippen LogP contribution in [0.15, 0.2) is 17.5 Å². The lowest BCUT2D eigenvalue weighted by Crippen LogP contribution is -2.37. The van der Waals surface area contributed by atoms with E-state index < -0.39 is 0 Å². The van der Waals surface area contributed by atoms with Gasteiger partial charge in [-0.25, -0.2) is 0 Å². The largest absolute Gasteiger partial charge is 0.385 e. The number of nitrogens with zero attached hydrogens (tertiary/aromatic N) is 1. The highest BCUT2D eigenvalue weighted by atomic mass is 32.1. The summed E-state index contributed by atoms with van der Waals surface area (Å²) < 4.78 is 5.04. The zero-order valence-corrected chi connectivity index (χ0v) is 11.7. The fraction of sp³-hybridized carbons (Fsp3) is 0.692. The first-order valence-electron chi connectivity index (χ1n) is 6.25. The fourth-order valence-electron chi connectivity index (χ4n) is 1.84. The molecule has 1 unspecified atom stereocenters. The Morgan fingerprint density at radius 3 is 2.94 bits per heavy atom. The minimum Gasteiger partial charge on any atom is -0.385 e. The van der Waals surface area contributed by atoms with Crippen molar-refractivity contribution in [1.29, 1.82) is 0 Å². The lowest BCUT2D eigenvalue weighted by atomic mass is 10.1. The topological polar surface area (TPSA) is 38.5 Å². The second-order valence-electron chi connectivity index (χ2n) is 4.30. The Bertz CT molecular complexity index is 277. The summed E-state index contributed by atoms with van der Waals surface area (Å²) in [5, 5.41) is 2.13. The molecule has 3 nitrogen and oxygen atoms in total. The molecule has 0 saturated heterocycles. The van der Waals surface area contributed by atoms with E-state index in [9.17, 15) is 0 Å². The molecule has 0 spiro atoms. The van der Waals surface area contributed by atoms with Crippen LogP contribution in [0.4, 0.5) is 0 Å². The maximum Gasteiger partial charge on any atom is 0.0462 e. The second-order valence-corrected chi connectivity index (χ2v) is 5.33. The summed E-state index contributed by atoms with van der Waals surface area (Å²) >= 11 is 1.81. The molecule has 0 amide bonds. The third-order valence-corrected chi connectivity index (χ3v) is 3.68. The first-order valence-corrected chi connectivity index (χ1v) is 7.13. The molecular formula is C13H24N2OS. The van der Waals surface area contributed by atoms with Gasteiger partial charge in [-0.2, -0.15) is 0 Å². The highest BCUT2D eigenvalue weighted by Gasteiger charge is 2.09. The molecule has 98 valence electrons. The molecule has 1 heterocycles. The Morgan fingerprint density at radius 1 is 1.53 bits per heavy atom. The molecule has 1 aromatic heterocycles. The predicted molar refractivity (Wildman–Crippen MR) is 74.4 cm³/mol. The van der Waals surface area contributed by atoms with Crippen molar-refractivity contribution in [3.63, 3.8) is 0 Å². The molecule has 0 bridgehead atoms. The van der Waals surface area contributed by atoms with Gasteiger partial charge in [0.05, 0.1) is 0 Å². The summed E-state index contributed by atoms with van der Waals surface area (Å²) in [6.07, 6.45) is 2.09. The molecule has 0 fully saturated rings. The quantitative estimate of drug-likeness (QED) is 0.689. The smallest absolute Gasteiger partial charge is 0.0462 e. The average molecular weight is 256 g/mol. The molecule has 0 aliphatic rings. The van der Waals surface area contributed by atoms with Crippen LogP contribution in [0.2, 0.25) is 0 Å². The van der Waals surface area contributed by atoms with Gasteiger partial charge in [-0.15, -0.1) is 11.3 Å². The van der Waals surface area contributed by atoms with Crippen molar-refractivity contribution in [2.75, 3.05) is 26.8 Å². The Kier molecular flexibility index (Phi) is 7.44. The standard InChI is InChI=1S/C13H24N2OS/c1-3-15(11-13-7-5-9-17-13)10-12(14)6-4-8-16-2/h5,7,9,12H,3-4,6,8,10-11,14H2,1-2H3. The van der Waals surface area contributed by atoms with Crippen LogP contribution in [-0.4, -0.2) is 37.7 Å². The number of hydrogen-bond donors (Lipinski definition) is 1. The first-order chi connectivity index (χ1) is 8.26. The Hall–Kier alpha value is -0.420. The van der Waals surface area contributed by atoms with Crippen molar-refractivity contribution in [3.05, 3.63) is 22.4 Å². The lowest BCUT2D eigenvalue weighted by Gasteiger charge is -2.23. The minimum atomic E-state index is 0.255. The molecule has 4 heteroatoms. The number of nitrogens with two attached hydrogens (primary N) is 1. The number of rotatable bonds is 9. The number of hydrogen-bond acceptors (Lipinski definition) is 4. The van der Waals surface area contributed by atoms with Gasteiger partial charge in [-0.3, -0.25) is 4.90 Å². The zero-order valence-electron chi connectivity index (χ0n) is 10.9. The van der Waals surface area contributed by atoms with E-state index in [1.165, 1.54) is 4.88 Å². The molecule has 0 aromatic carbocycles. The molecule has 1 atom stereocenters. The molecular weight excluding hydrogens is 232 g/mol. The van der Waals surface area contributed by atoms with Crippen LogP contribution < -0.4 is 5.73 Å². The van der Waals surface area contributed by atoms with Gasteiger partial charge in [-0.05, 0) is 30.8 Å². The minimum absolute atomic E-state index is 0.255. The zero-order chi connectivity index (χ0) is 12.5. The van der Waals surface area contributed by atoms with Crippen molar-refractivity contribution in [2.45, 2.75) is 32.4 Å². The summed E-state index contributed by atoms with van der Waals surface area (Å²) in [6.45, 7) is 6.04. The molecule has 1 rings (SSSR count). The van der Waals surface area contributed by atoms with Gasteiger partial charge in [0.2, 0.25) is 0 Å². The van der Waals surface area contributed by atoms with E-state index >= 15 is 0 Å². The van der Waals surface area contributed by atoms with Gasteiger partial charge >= 0.3 is 0 Å². The van der Waals surface area contributed by atoms with Gasteiger partial charge in [0.1, 0.15) is 0 Å². The van der Waals surface area contributed by atoms with Gasteiger partial charge in [0.25, 0.3) is 0 Å². The van der Waals surface area contributed by atoms with Crippen LogP contribution in [0.5, 0.6) is 0 Å². The maximum absolute atomic E-state index is 6.13. The van der Waals surface area contributed by atoms with Crippen LogP contribution in [0.1, 0.15) is 24.6 Å². The Morgan fingerprint density at radius 2 is 2.35 bits per heavy atom. The van der Waals surface area contributed by atoms with Crippen molar-refractivity contribution >= 4 is 11.3 Å². The summed E-state index contributed by atoms with van der Waals surface area (Å²) in [6, 6.07) is 4.54. The second kappa shape index (κ2) is 8.64. The molecule has 17 heavy (non-hydrogen) atoms. The predicted octanol–water partition coefficient (Wildman–Crippen LogP) is 2.32. The number of methoxy groups -OCH3 is 1. The van der Waals surface area contributed by atoms with Crippen LogP contribution in [0.3, 0.4) is 0 Å². The van der Waals surface area contributed by atoms with E-state index in [4.69, 9.17) is 10.5 Å². The fourth-order valence-corrected chi connectivity index (χ4v) is 2.59. The third-order valence-electron chi connectivity index (χ3n) is 2.82. The molecule has 0 aliphatic heterocycles. The van der Waals surface area contributed by atoms with E-state index in [0.717, 1.165) is 39.1 Å². The van der Waals surface area contributed by atoms with Crippen LogP contribution in [0, 0.1) is 0 Å². The van der Waals surface area contributed by atoms with Crippen molar-refractivity contribution in [1.82, 2.24) is 4.90 Å². The van der Waals surface area contributed by atoms with Crippen LogP contribution in [0.25, 0.3) is 0 Å². The third kappa shape index (κ3) is 6.17. The summed E-state index contributed by atoms with van der Waals surface area (Å²) in [5.41, 5.74) is 6.13. The first kappa shape index (κ1) is 14.6. The highest BCUT2D eigenvalue weighted by Crippen LogP contribution is 2.12. The van der Waals surface area contributed by atoms with E-state index in [0.29, 0.717) is 0 Å². The lowest BCUT2D eigenvalue weighted by molar-refractivity contribution is 0.185. The maximum atomic E-state index is 6.13. The van der Waals surface area contributed by atoms with E-state index in [1.54, 1.807) is 7.11 Å². The van der Waals surface area contributed by atoms with E-state index in [1.807, 2.05) is 11.3 Å². The van der Waals surface area contributed by atoms with Gasteiger partial charge in [-0.1, -0.05) is 13.0 Å². The Labute approximate surface area is 109 Å². The summed E-state index contributed by atoms with van der Waals surface area (Å²) in [7, 11) is 1.74. The Balaban J connectivity index is 2.26. The van der Waals surface area contributed by atoms with Gasteiger partial charge in [0, 0.05) is 37.7 Å². The van der Waals surface area contributed by atoms with Crippen molar-refractivity contribution in [2.24, 2.45) is 5.73 Å². The molecule has 2 N–H and O–H groups in total. The average Bonchev–Trinajstić information content (AvgIpc) is 2.81. The van der Waals surface area contributed by atoms with E-state index in [-0.39, 0.29) is 6.04 Å². The van der Waals surface area contributed by atoms with E-state index in [2.05, 4.69) is 29.3 Å². The SMILES string of the molecule is CCN(Cc1cccs1)CC(N)CCCOC. The van der Waals surface area contributed by atoms with Crippen molar-refractivity contribution in [3.8, 4) is 0 Å². The molecule has 0 aliphatic carbocycles. The van der Waals surface area contributed by atoms with Crippen LogP contribution in [-0.2, 0) is 11.3 Å². The summed E-state index contributed by atoms with van der Waals surface area (Å²) in [5.74, 6) is 0. The van der Waals surface area contributed by atoms with Gasteiger partial charge < -0.3 is 10.5 Å². The number of likely N-dealkylation sites (N-methyl/N-ethyl adjacent to an activating group) is 1. The van der Waals surface area contributed by atoms with Crippen molar-refractivity contribution < 1.29 is 4.74 Å². The normalized spacial score (nSPS) is 13.2.